The molecule has 6 heteroatoms. The number of ether oxygens (including phenoxy) is 1. The Morgan fingerprint density at radius 1 is 1.04 bits per heavy atom. The molecule has 0 aromatic heterocycles. The van der Waals surface area contributed by atoms with Crippen LogP contribution >= 0.6 is 0 Å². The zero-order valence-corrected chi connectivity index (χ0v) is 16.4. The van der Waals surface area contributed by atoms with E-state index in [-0.39, 0.29) is 19.0 Å². The van der Waals surface area contributed by atoms with Gasteiger partial charge in [0.15, 0.2) is 0 Å². The van der Waals surface area contributed by atoms with Crippen LogP contribution in [0.3, 0.4) is 0 Å². The number of benzene rings is 2. The average Bonchev–Trinajstić information content (AvgIpc) is 3.21. The summed E-state index contributed by atoms with van der Waals surface area (Å²) in [5.74, 6) is -0.259. The van der Waals surface area contributed by atoms with Crippen LogP contribution < -0.4 is 0 Å². The normalized spacial score (nSPS) is 15.0. The summed E-state index contributed by atoms with van der Waals surface area (Å²) in [4.78, 5) is 12.3. The summed E-state index contributed by atoms with van der Waals surface area (Å²) < 4.78 is 31.9. The number of esters is 1. The molecule has 1 aliphatic heterocycles. The van der Waals surface area contributed by atoms with E-state index < -0.39 is 10.0 Å². The molecule has 2 aromatic carbocycles. The first kappa shape index (κ1) is 19.6. The molecule has 0 amide bonds. The fourth-order valence-corrected chi connectivity index (χ4v) is 4.71. The number of nitrogens with zero attached hydrogens (tertiary/aromatic N) is 1. The molecule has 0 aliphatic carbocycles. The van der Waals surface area contributed by atoms with E-state index in [9.17, 15) is 13.2 Å². The van der Waals surface area contributed by atoms with Gasteiger partial charge in [-0.2, -0.15) is 4.31 Å². The lowest BCUT2D eigenvalue weighted by atomic mass is 10.1. The molecule has 1 fully saturated rings. The van der Waals surface area contributed by atoms with Crippen LogP contribution in [0.15, 0.2) is 53.4 Å². The second-order valence-corrected chi connectivity index (χ2v) is 8.84. The third-order valence-corrected chi connectivity index (χ3v) is 6.64. The fourth-order valence-electron chi connectivity index (χ4n) is 3.19. The quantitative estimate of drug-likeness (QED) is 0.683. The van der Waals surface area contributed by atoms with E-state index in [0.29, 0.717) is 24.4 Å². The largest absolute Gasteiger partial charge is 0.461 e. The Morgan fingerprint density at radius 2 is 1.74 bits per heavy atom. The molecule has 1 saturated heterocycles. The maximum Gasteiger partial charge on any atom is 0.306 e. The minimum atomic E-state index is -3.39. The third-order valence-electron chi connectivity index (χ3n) is 4.73. The van der Waals surface area contributed by atoms with E-state index in [4.69, 9.17) is 4.74 Å². The highest BCUT2D eigenvalue weighted by molar-refractivity contribution is 7.89. The van der Waals surface area contributed by atoms with Crippen LogP contribution in [0, 0.1) is 6.92 Å². The van der Waals surface area contributed by atoms with Crippen molar-refractivity contribution in [1.29, 1.82) is 0 Å². The van der Waals surface area contributed by atoms with Gasteiger partial charge in [-0.3, -0.25) is 4.79 Å². The summed E-state index contributed by atoms with van der Waals surface area (Å²) >= 11 is 0. The molecule has 0 spiro atoms. The summed E-state index contributed by atoms with van der Waals surface area (Å²) in [5.41, 5.74) is 3.02. The minimum Gasteiger partial charge on any atom is -0.461 e. The Labute approximate surface area is 161 Å². The van der Waals surface area contributed by atoms with Crippen LogP contribution in [0.5, 0.6) is 0 Å². The lowest BCUT2D eigenvalue weighted by molar-refractivity contribution is -0.144. The number of rotatable bonds is 7. The Kier molecular flexibility index (Phi) is 6.29. The predicted molar refractivity (Wildman–Crippen MR) is 104 cm³/mol. The molecule has 0 N–H and O–H groups in total. The highest BCUT2D eigenvalue weighted by atomic mass is 32.2. The molecule has 0 bridgehead atoms. The summed E-state index contributed by atoms with van der Waals surface area (Å²) in [6.07, 6.45) is 2.63. The van der Waals surface area contributed by atoms with Gasteiger partial charge in [-0.1, -0.05) is 42.0 Å². The van der Waals surface area contributed by atoms with Crippen LogP contribution in [0.4, 0.5) is 0 Å². The van der Waals surface area contributed by atoms with Gasteiger partial charge in [0.1, 0.15) is 6.61 Å². The lowest BCUT2D eigenvalue weighted by Gasteiger charge is -2.15. The Balaban J connectivity index is 1.50. The predicted octanol–water partition coefficient (Wildman–Crippen LogP) is 3.46. The second-order valence-electron chi connectivity index (χ2n) is 6.90. The van der Waals surface area contributed by atoms with E-state index in [0.717, 1.165) is 29.5 Å². The summed E-state index contributed by atoms with van der Waals surface area (Å²) in [7, 11) is -3.39. The van der Waals surface area contributed by atoms with Gasteiger partial charge in [0.25, 0.3) is 0 Å². The minimum absolute atomic E-state index is 0.259. The van der Waals surface area contributed by atoms with Gasteiger partial charge in [-0.05, 0) is 49.4 Å². The van der Waals surface area contributed by atoms with E-state index in [1.165, 1.54) is 4.31 Å². The highest BCUT2D eigenvalue weighted by Gasteiger charge is 2.26. The molecular weight excluding hydrogens is 362 g/mol. The van der Waals surface area contributed by atoms with Gasteiger partial charge in [-0.25, -0.2) is 8.42 Å². The number of aryl methyl sites for hydroxylation is 2. The van der Waals surface area contributed by atoms with Crippen LogP contribution in [0.25, 0.3) is 0 Å². The molecule has 0 atom stereocenters. The fraction of sp³-hybridized carbons (Fsp3) is 0.381. The monoisotopic (exact) mass is 387 g/mol. The Morgan fingerprint density at radius 3 is 2.41 bits per heavy atom. The van der Waals surface area contributed by atoms with Crippen LogP contribution in [0.2, 0.25) is 0 Å². The van der Waals surface area contributed by atoms with Crippen molar-refractivity contribution in [3.63, 3.8) is 0 Å². The van der Waals surface area contributed by atoms with Crippen LogP contribution in [0.1, 0.15) is 36.0 Å². The molecule has 27 heavy (non-hydrogen) atoms. The molecule has 144 valence electrons. The first-order chi connectivity index (χ1) is 12.9. The van der Waals surface area contributed by atoms with Crippen molar-refractivity contribution in [3.05, 3.63) is 65.2 Å². The van der Waals surface area contributed by atoms with Gasteiger partial charge in [0, 0.05) is 19.5 Å². The number of hydrogen-bond donors (Lipinski definition) is 0. The molecule has 0 saturated carbocycles. The zero-order chi connectivity index (χ0) is 19.3. The van der Waals surface area contributed by atoms with Crippen molar-refractivity contribution < 1.29 is 17.9 Å². The molecule has 1 heterocycles. The van der Waals surface area contributed by atoms with Crippen molar-refractivity contribution in [1.82, 2.24) is 4.31 Å². The molecular formula is C21H25NO4S. The molecule has 3 rings (SSSR count). The third kappa shape index (κ3) is 5.17. The van der Waals surface area contributed by atoms with Crippen LogP contribution in [-0.2, 0) is 32.6 Å². The van der Waals surface area contributed by atoms with E-state index in [1.807, 2.05) is 31.2 Å². The lowest BCUT2D eigenvalue weighted by Crippen LogP contribution is -2.27. The van der Waals surface area contributed by atoms with E-state index in [2.05, 4.69) is 0 Å². The SMILES string of the molecule is Cc1cccc(COC(=O)CCc2ccc(S(=O)(=O)N3CCCC3)cc2)c1. The van der Waals surface area contributed by atoms with Crippen molar-refractivity contribution in [2.75, 3.05) is 13.1 Å². The van der Waals surface area contributed by atoms with E-state index in [1.54, 1.807) is 24.3 Å². The molecule has 5 nitrogen and oxygen atoms in total. The molecule has 0 unspecified atom stereocenters. The topological polar surface area (TPSA) is 63.7 Å². The van der Waals surface area contributed by atoms with Gasteiger partial charge in [-0.15, -0.1) is 0 Å². The number of carbonyl (C=O) groups excluding carboxylic acids is 1. The van der Waals surface area contributed by atoms with Gasteiger partial charge in [0.05, 0.1) is 4.90 Å². The average molecular weight is 388 g/mol. The van der Waals surface area contributed by atoms with Gasteiger partial charge in [0.2, 0.25) is 10.0 Å². The van der Waals surface area contributed by atoms with Crippen molar-refractivity contribution >= 4 is 16.0 Å². The summed E-state index contributed by atoms with van der Waals surface area (Å²) in [6, 6.07) is 14.7. The smallest absolute Gasteiger partial charge is 0.306 e. The number of hydrogen-bond acceptors (Lipinski definition) is 4. The first-order valence-corrected chi connectivity index (χ1v) is 10.7. The Hall–Kier alpha value is -2.18. The summed E-state index contributed by atoms with van der Waals surface area (Å²) in [6.45, 7) is 3.46. The van der Waals surface area contributed by atoms with Crippen molar-refractivity contribution in [2.45, 2.75) is 44.1 Å². The van der Waals surface area contributed by atoms with Gasteiger partial charge >= 0.3 is 5.97 Å². The van der Waals surface area contributed by atoms with E-state index >= 15 is 0 Å². The number of carbonyl (C=O) groups is 1. The summed E-state index contributed by atoms with van der Waals surface area (Å²) in [5, 5.41) is 0. The first-order valence-electron chi connectivity index (χ1n) is 9.25. The molecule has 2 aromatic rings. The Bertz CT molecular complexity index is 885. The van der Waals surface area contributed by atoms with Crippen molar-refractivity contribution in [3.8, 4) is 0 Å². The maximum atomic E-state index is 12.5. The maximum absolute atomic E-state index is 12.5. The molecule has 1 aliphatic rings. The van der Waals surface area contributed by atoms with Crippen molar-refractivity contribution in [2.24, 2.45) is 0 Å². The zero-order valence-electron chi connectivity index (χ0n) is 15.6. The standard InChI is InChI=1S/C21H25NO4S/c1-17-5-4-6-19(15-17)16-26-21(23)12-9-18-7-10-20(11-8-18)27(24,25)22-13-2-3-14-22/h4-8,10-11,15H,2-3,9,12-14,16H2,1H3. The molecule has 0 radical (unpaired) electrons. The highest BCUT2D eigenvalue weighted by Crippen LogP contribution is 2.21. The number of sulfonamides is 1. The van der Waals surface area contributed by atoms with Gasteiger partial charge < -0.3 is 4.74 Å². The second kappa shape index (κ2) is 8.67. The van der Waals surface area contributed by atoms with Crippen LogP contribution in [-0.4, -0.2) is 31.8 Å².